The van der Waals surface area contributed by atoms with Crippen molar-refractivity contribution in [2.45, 2.75) is 13.5 Å². The Balaban J connectivity index is 0.000000143. The van der Waals surface area contributed by atoms with E-state index in [1.807, 2.05) is 0 Å². The van der Waals surface area contributed by atoms with E-state index >= 15 is 0 Å². The summed E-state index contributed by atoms with van der Waals surface area (Å²) in [4.78, 5) is 52.2. The van der Waals surface area contributed by atoms with Crippen molar-refractivity contribution in [3.05, 3.63) is 88.8 Å². The number of benzene rings is 2. The third-order valence-corrected chi connectivity index (χ3v) is 9.22. The van der Waals surface area contributed by atoms with Crippen LogP contribution in [0.4, 0.5) is 17.6 Å². The Kier molecular flexibility index (Phi) is 5.96. The van der Waals surface area contributed by atoms with Gasteiger partial charge in [-0.15, -0.1) is 22.7 Å². The van der Waals surface area contributed by atoms with Crippen LogP contribution in [0.3, 0.4) is 0 Å². The Bertz CT molecular complexity index is 2600. The number of pyridine rings is 2. The first kappa shape index (κ1) is 27.7. The molecule has 0 spiro atoms. The number of carboxylic acid groups (broad SMARTS) is 2. The molecule has 0 saturated carbocycles. The second kappa shape index (κ2) is 9.45. The van der Waals surface area contributed by atoms with Crippen LogP contribution in [0.2, 0.25) is 0 Å². The Labute approximate surface area is 247 Å². The van der Waals surface area contributed by atoms with Gasteiger partial charge in [0.2, 0.25) is 16.7 Å². The summed E-state index contributed by atoms with van der Waals surface area (Å²) in [6.07, 6.45) is 0. The number of aromatic carboxylic acids is 2. The molecule has 2 aromatic carbocycles. The minimum absolute atomic E-state index is 0.0234. The zero-order valence-electron chi connectivity index (χ0n) is 21.8. The van der Waals surface area contributed by atoms with Crippen molar-refractivity contribution in [2.75, 3.05) is 6.54 Å². The zero-order chi connectivity index (χ0) is 31.4. The number of thiazole rings is 2. The summed E-state index contributed by atoms with van der Waals surface area (Å²) in [6.45, 7) is 2.07. The molecule has 222 valence electrons. The molecule has 0 fully saturated rings. The Hall–Kier alpha value is -5.09. The van der Waals surface area contributed by atoms with E-state index in [1.54, 1.807) is 17.7 Å². The molecule has 16 heteroatoms. The zero-order valence-corrected chi connectivity index (χ0v) is 23.5. The summed E-state index contributed by atoms with van der Waals surface area (Å²) in [5, 5.41) is 21.6. The smallest absolute Gasteiger partial charge is 0.342 e. The molecule has 1 aliphatic rings. The van der Waals surface area contributed by atoms with Gasteiger partial charge in [-0.1, -0.05) is 0 Å². The molecule has 0 atom stereocenters. The maximum absolute atomic E-state index is 14.3. The monoisotopic (exact) mass is 643 g/mol. The third-order valence-electron chi connectivity index (χ3n) is 7.27. The maximum atomic E-state index is 14.3. The molecule has 10 nitrogen and oxygen atoms in total. The molecule has 0 aliphatic carbocycles. The van der Waals surface area contributed by atoms with E-state index in [9.17, 15) is 47.0 Å². The van der Waals surface area contributed by atoms with Crippen LogP contribution in [-0.2, 0) is 6.61 Å². The Morgan fingerprint density at radius 2 is 1.45 bits per heavy atom. The summed E-state index contributed by atoms with van der Waals surface area (Å²) in [5.74, 6) is -7.87. The highest BCUT2D eigenvalue weighted by Crippen LogP contribution is 2.37. The van der Waals surface area contributed by atoms with Crippen molar-refractivity contribution in [3.63, 3.8) is 0 Å². The van der Waals surface area contributed by atoms with Gasteiger partial charge in [0.15, 0.2) is 23.2 Å². The molecular formula is C28H13F4N3O7S2. The molecule has 0 amide bonds. The minimum Gasteiger partial charge on any atom is -0.482 e. The van der Waals surface area contributed by atoms with Crippen molar-refractivity contribution in [2.24, 2.45) is 4.99 Å². The van der Waals surface area contributed by atoms with Gasteiger partial charge in [0.05, 0.1) is 38.2 Å². The largest absolute Gasteiger partial charge is 0.482 e. The molecule has 0 bridgehead atoms. The number of aromatic nitrogens is 2. The molecule has 1 aliphatic heterocycles. The van der Waals surface area contributed by atoms with Gasteiger partial charge in [0.25, 0.3) is 0 Å². The van der Waals surface area contributed by atoms with E-state index in [2.05, 4.69) is 4.99 Å². The molecule has 8 rings (SSSR count). The lowest BCUT2D eigenvalue weighted by molar-refractivity contribution is 0.0686. The molecular weight excluding hydrogens is 630 g/mol. The summed E-state index contributed by atoms with van der Waals surface area (Å²) in [5.41, 5.74) is -1.25. The number of carbonyl (C=O) groups is 2. The van der Waals surface area contributed by atoms with Crippen LogP contribution >= 0.6 is 22.7 Å². The summed E-state index contributed by atoms with van der Waals surface area (Å²) in [7, 11) is 0. The van der Waals surface area contributed by atoms with E-state index in [1.165, 1.54) is 8.80 Å². The van der Waals surface area contributed by atoms with Gasteiger partial charge in [-0.25, -0.2) is 22.8 Å². The lowest BCUT2D eigenvalue weighted by atomic mass is 10.1. The number of halogens is 4. The van der Waals surface area contributed by atoms with Crippen LogP contribution in [0.25, 0.3) is 42.4 Å². The molecule has 7 aromatic rings. The van der Waals surface area contributed by atoms with Crippen LogP contribution in [0, 0.1) is 23.3 Å². The fourth-order valence-electron chi connectivity index (χ4n) is 5.55. The van der Waals surface area contributed by atoms with Crippen molar-refractivity contribution in [1.29, 1.82) is 0 Å². The maximum Gasteiger partial charge on any atom is 0.342 e. The van der Waals surface area contributed by atoms with E-state index in [-0.39, 0.29) is 54.6 Å². The summed E-state index contributed by atoms with van der Waals surface area (Å²) >= 11 is 2.12. The highest BCUT2D eigenvalue weighted by molar-refractivity contribution is 7.16. The van der Waals surface area contributed by atoms with Crippen molar-refractivity contribution < 1.29 is 42.1 Å². The first-order valence-corrected chi connectivity index (χ1v) is 14.3. The van der Waals surface area contributed by atoms with Gasteiger partial charge in [-0.2, -0.15) is 4.39 Å². The number of carboxylic acids is 2. The predicted molar refractivity (Wildman–Crippen MR) is 152 cm³/mol. The van der Waals surface area contributed by atoms with E-state index in [0.717, 1.165) is 28.7 Å². The lowest BCUT2D eigenvalue weighted by Gasteiger charge is -2.18. The average molecular weight is 644 g/mol. The van der Waals surface area contributed by atoms with Gasteiger partial charge in [-0.3, -0.25) is 23.4 Å². The topological polar surface area (TPSA) is 139 Å². The van der Waals surface area contributed by atoms with Crippen LogP contribution < -0.4 is 21.0 Å². The number of rotatable bonds is 3. The van der Waals surface area contributed by atoms with E-state index in [0.29, 0.717) is 23.8 Å². The first-order chi connectivity index (χ1) is 21.0. The molecule has 0 radical (unpaired) electrons. The van der Waals surface area contributed by atoms with E-state index < -0.39 is 57.2 Å². The third kappa shape index (κ3) is 3.48. The molecule has 2 N–H and O–H groups in total. The minimum atomic E-state index is -1.40. The number of nitrogens with zero attached hydrogens (tertiary/aromatic N) is 3. The van der Waals surface area contributed by atoms with Gasteiger partial charge in [0, 0.05) is 17.3 Å². The Morgan fingerprint density at radius 1 is 0.886 bits per heavy atom. The molecule has 0 saturated heterocycles. The van der Waals surface area contributed by atoms with Crippen molar-refractivity contribution in [1.82, 2.24) is 8.80 Å². The van der Waals surface area contributed by atoms with Crippen LogP contribution in [0.1, 0.15) is 33.3 Å². The van der Waals surface area contributed by atoms with Crippen LogP contribution in [0.5, 0.6) is 5.75 Å². The first-order valence-electron chi connectivity index (χ1n) is 12.6. The fourth-order valence-corrected chi connectivity index (χ4v) is 7.61. The molecule has 5 aromatic heterocycles. The predicted octanol–water partition coefficient (Wildman–Crippen LogP) is 4.82. The highest BCUT2D eigenvalue weighted by atomic mass is 32.1. The van der Waals surface area contributed by atoms with Gasteiger partial charge >= 0.3 is 11.9 Å². The highest BCUT2D eigenvalue weighted by Gasteiger charge is 2.30. The van der Waals surface area contributed by atoms with Gasteiger partial charge in [0.1, 0.15) is 32.9 Å². The van der Waals surface area contributed by atoms with Crippen molar-refractivity contribution >= 4 is 77.0 Å². The second-order valence-corrected chi connectivity index (χ2v) is 11.3. The Morgan fingerprint density at radius 3 is 2.07 bits per heavy atom. The van der Waals surface area contributed by atoms with Crippen LogP contribution in [0.15, 0.2) is 37.5 Å². The summed E-state index contributed by atoms with van der Waals surface area (Å²) < 4.78 is 63.9. The molecule has 44 heavy (non-hydrogen) atoms. The number of hydrogen-bond donors (Lipinski definition) is 2. The molecule has 0 unspecified atom stereocenters. The lowest BCUT2D eigenvalue weighted by Crippen LogP contribution is -2.21. The second-order valence-electron chi connectivity index (χ2n) is 9.60. The van der Waals surface area contributed by atoms with Crippen molar-refractivity contribution in [3.8, 4) is 5.75 Å². The SMILES string of the molecule is CCN=c1c2c(F)c(F)cc3c(=O)c(C(=O)O)c4scc1n4c32.O=C(O)c1c(=O)c2cc(F)c(F)c3c2n2c(csc12)CO3. The normalized spacial score (nSPS) is 13.1. The number of ether oxygens (including phenoxy) is 1. The van der Waals surface area contributed by atoms with E-state index in [4.69, 9.17) is 4.74 Å². The molecule has 6 heterocycles. The summed E-state index contributed by atoms with van der Waals surface area (Å²) in [6, 6.07) is 1.47. The van der Waals surface area contributed by atoms with Crippen LogP contribution in [-0.4, -0.2) is 37.5 Å². The number of hydrogen-bond acceptors (Lipinski definition) is 8. The average Bonchev–Trinajstić information content (AvgIpc) is 3.68. The van der Waals surface area contributed by atoms with Gasteiger partial charge < -0.3 is 14.9 Å². The van der Waals surface area contributed by atoms with Gasteiger partial charge in [-0.05, 0) is 19.1 Å². The fraction of sp³-hybridized carbons (Fsp3) is 0.107. The standard InChI is InChI=1S/C15H8F2N2O3S.C13H5F2NO4S/c1-2-18-11-7-4-23-14-9(15(21)22)13(20)5-3-6(16)10(17)8(11)12(5)19(7)14;14-6-1-5-9-11(8(6)15)20-2-4-3-21-12(16(4)9)7(10(5)17)13(18)19/h3-4H,2H2,1H3,(H,21,22);1,3H,2H2,(H,18,19). The quantitative estimate of drug-likeness (QED) is 0.263.